The number of rotatable bonds is 14. The molecule has 0 saturated carbocycles. The van der Waals surface area contributed by atoms with Crippen LogP contribution in [0.15, 0.2) is 12.2 Å². The van der Waals surface area contributed by atoms with E-state index in [1.807, 2.05) is 0 Å². The lowest BCUT2D eigenvalue weighted by atomic mass is 10.2. The van der Waals surface area contributed by atoms with E-state index in [4.69, 9.17) is 32.7 Å². The van der Waals surface area contributed by atoms with Gasteiger partial charge in [-0.2, -0.15) is 0 Å². The summed E-state index contributed by atoms with van der Waals surface area (Å²) in [6.45, 7) is 0.724. The summed E-state index contributed by atoms with van der Waals surface area (Å²) >= 11 is 11.1. The number of esters is 2. The average molecular weight is 353 g/mol. The van der Waals surface area contributed by atoms with Crippen LogP contribution >= 0.6 is 23.2 Å². The van der Waals surface area contributed by atoms with Crippen molar-refractivity contribution in [2.45, 2.75) is 51.4 Å². The van der Waals surface area contributed by atoms with Crippen molar-refractivity contribution >= 4 is 35.1 Å². The smallest absolute Gasteiger partial charge is 0.331 e. The lowest BCUT2D eigenvalue weighted by Crippen LogP contribution is -2.06. The summed E-state index contributed by atoms with van der Waals surface area (Å²) in [4.78, 5) is 22.7. The second-order valence-electron chi connectivity index (χ2n) is 4.87. The van der Waals surface area contributed by atoms with Crippen LogP contribution in [-0.4, -0.2) is 36.9 Å². The Balaban J connectivity index is 3.51. The predicted molar refractivity (Wildman–Crippen MR) is 89.4 cm³/mol. The Morgan fingerprint density at radius 1 is 0.636 bits per heavy atom. The van der Waals surface area contributed by atoms with Gasteiger partial charge in [-0.05, 0) is 25.7 Å². The minimum atomic E-state index is -0.517. The molecule has 6 heteroatoms. The zero-order valence-electron chi connectivity index (χ0n) is 13.0. The van der Waals surface area contributed by atoms with Gasteiger partial charge in [-0.15, -0.1) is 23.2 Å². The molecule has 0 aliphatic carbocycles. The van der Waals surface area contributed by atoms with Gasteiger partial charge in [-0.3, -0.25) is 0 Å². The molecule has 22 heavy (non-hydrogen) atoms. The van der Waals surface area contributed by atoms with E-state index < -0.39 is 11.9 Å². The first-order valence-electron chi connectivity index (χ1n) is 7.84. The maximum absolute atomic E-state index is 11.3. The van der Waals surface area contributed by atoms with Gasteiger partial charge in [0.25, 0.3) is 0 Å². The fourth-order valence-electron chi connectivity index (χ4n) is 1.68. The number of hydrogen-bond acceptors (Lipinski definition) is 4. The SMILES string of the molecule is O=C(/C=C/C(=O)OCCCCCCCl)OCCCCCCCl. The van der Waals surface area contributed by atoms with Crippen LogP contribution in [-0.2, 0) is 19.1 Å². The number of carbonyl (C=O) groups is 2. The number of alkyl halides is 2. The van der Waals surface area contributed by atoms with E-state index in [0.29, 0.717) is 25.0 Å². The monoisotopic (exact) mass is 352 g/mol. The third kappa shape index (κ3) is 15.6. The molecule has 0 aliphatic rings. The van der Waals surface area contributed by atoms with Crippen molar-refractivity contribution in [3.8, 4) is 0 Å². The van der Waals surface area contributed by atoms with Gasteiger partial charge in [-0.1, -0.05) is 25.7 Å². The van der Waals surface area contributed by atoms with E-state index in [1.165, 1.54) is 0 Å². The summed E-state index contributed by atoms with van der Waals surface area (Å²) < 4.78 is 9.93. The summed E-state index contributed by atoms with van der Waals surface area (Å²) in [7, 11) is 0. The van der Waals surface area contributed by atoms with Crippen molar-refractivity contribution in [2.75, 3.05) is 25.0 Å². The molecule has 0 amide bonds. The number of ether oxygens (including phenoxy) is 2. The van der Waals surface area contributed by atoms with Gasteiger partial charge < -0.3 is 9.47 Å². The normalized spacial score (nSPS) is 10.8. The molecule has 0 spiro atoms. The third-order valence-corrected chi connectivity index (χ3v) is 3.43. The molecule has 0 saturated heterocycles. The number of carbonyl (C=O) groups excluding carboxylic acids is 2. The van der Waals surface area contributed by atoms with E-state index in [0.717, 1.165) is 63.5 Å². The second kappa shape index (κ2) is 16.6. The Kier molecular flexibility index (Phi) is 16.1. The topological polar surface area (TPSA) is 52.6 Å². The van der Waals surface area contributed by atoms with Crippen molar-refractivity contribution < 1.29 is 19.1 Å². The van der Waals surface area contributed by atoms with Crippen LogP contribution in [0.2, 0.25) is 0 Å². The third-order valence-electron chi connectivity index (χ3n) is 2.90. The van der Waals surface area contributed by atoms with Crippen molar-refractivity contribution in [1.29, 1.82) is 0 Å². The Labute approximate surface area is 143 Å². The molecule has 0 atom stereocenters. The maximum Gasteiger partial charge on any atom is 0.331 e. The molecular weight excluding hydrogens is 327 g/mol. The molecule has 0 aromatic carbocycles. The molecular formula is C16H26Cl2O4. The zero-order chi connectivity index (χ0) is 16.5. The predicted octanol–water partition coefficient (Wildman–Crippen LogP) is 4.23. The summed E-state index contributed by atoms with van der Waals surface area (Å²) in [5.74, 6) is 0.294. The van der Waals surface area contributed by atoms with Crippen LogP contribution in [0.5, 0.6) is 0 Å². The van der Waals surface area contributed by atoms with Crippen LogP contribution in [0, 0.1) is 0 Å². The Morgan fingerprint density at radius 3 is 1.36 bits per heavy atom. The molecule has 4 nitrogen and oxygen atoms in total. The Hall–Kier alpha value is -0.740. The number of halogens is 2. The largest absolute Gasteiger partial charge is 0.463 e. The first-order chi connectivity index (χ1) is 10.7. The van der Waals surface area contributed by atoms with Crippen LogP contribution < -0.4 is 0 Å². The van der Waals surface area contributed by atoms with E-state index in [9.17, 15) is 9.59 Å². The van der Waals surface area contributed by atoms with Crippen molar-refractivity contribution in [2.24, 2.45) is 0 Å². The lowest BCUT2D eigenvalue weighted by Gasteiger charge is -2.02. The van der Waals surface area contributed by atoms with Gasteiger partial charge in [0.15, 0.2) is 0 Å². The van der Waals surface area contributed by atoms with Crippen molar-refractivity contribution in [3.05, 3.63) is 12.2 Å². The molecule has 0 heterocycles. The van der Waals surface area contributed by atoms with E-state index in [2.05, 4.69) is 0 Å². The van der Waals surface area contributed by atoms with Gasteiger partial charge in [-0.25, -0.2) is 9.59 Å². The minimum absolute atomic E-state index is 0.362. The molecule has 0 aliphatic heterocycles. The highest BCUT2D eigenvalue weighted by Gasteiger charge is 2.01. The van der Waals surface area contributed by atoms with Crippen LogP contribution in [0.3, 0.4) is 0 Å². The standard InChI is InChI=1S/C16H26Cl2O4/c17-11-5-1-3-7-13-21-15(19)9-10-16(20)22-14-8-4-2-6-12-18/h9-10H,1-8,11-14H2/b10-9+. The van der Waals surface area contributed by atoms with Crippen molar-refractivity contribution in [1.82, 2.24) is 0 Å². The molecule has 128 valence electrons. The summed E-state index contributed by atoms with van der Waals surface area (Å²) in [5, 5.41) is 0. The number of hydrogen-bond donors (Lipinski definition) is 0. The molecule has 0 aromatic rings. The molecule has 0 aromatic heterocycles. The minimum Gasteiger partial charge on any atom is -0.463 e. The fraction of sp³-hybridized carbons (Fsp3) is 0.750. The first-order valence-corrected chi connectivity index (χ1v) is 8.91. The van der Waals surface area contributed by atoms with Crippen LogP contribution in [0.4, 0.5) is 0 Å². The zero-order valence-corrected chi connectivity index (χ0v) is 14.5. The van der Waals surface area contributed by atoms with Crippen LogP contribution in [0.1, 0.15) is 51.4 Å². The highest BCUT2D eigenvalue weighted by molar-refractivity contribution is 6.18. The van der Waals surface area contributed by atoms with Crippen molar-refractivity contribution in [3.63, 3.8) is 0 Å². The van der Waals surface area contributed by atoms with Crippen LogP contribution in [0.25, 0.3) is 0 Å². The molecule has 0 bridgehead atoms. The Bertz CT molecular complexity index is 289. The van der Waals surface area contributed by atoms with E-state index >= 15 is 0 Å². The van der Waals surface area contributed by atoms with Gasteiger partial charge in [0.1, 0.15) is 0 Å². The summed E-state index contributed by atoms with van der Waals surface area (Å²) in [6, 6.07) is 0. The van der Waals surface area contributed by atoms with Gasteiger partial charge >= 0.3 is 11.9 Å². The highest BCUT2D eigenvalue weighted by atomic mass is 35.5. The van der Waals surface area contributed by atoms with E-state index in [-0.39, 0.29) is 0 Å². The highest BCUT2D eigenvalue weighted by Crippen LogP contribution is 2.02. The Morgan fingerprint density at radius 2 is 1.00 bits per heavy atom. The average Bonchev–Trinajstić information content (AvgIpc) is 2.52. The maximum atomic E-state index is 11.3. The fourth-order valence-corrected chi connectivity index (χ4v) is 2.06. The first kappa shape index (κ1) is 21.3. The molecule has 0 fully saturated rings. The quantitative estimate of drug-likeness (QED) is 0.203. The second-order valence-corrected chi connectivity index (χ2v) is 5.63. The molecule has 0 N–H and O–H groups in total. The van der Waals surface area contributed by atoms with Gasteiger partial charge in [0, 0.05) is 23.9 Å². The molecule has 0 rings (SSSR count). The summed E-state index contributed by atoms with van der Waals surface area (Å²) in [6.07, 6.45) is 9.82. The van der Waals surface area contributed by atoms with Gasteiger partial charge in [0.05, 0.1) is 13.2 Å². The number of unbranched alkanes of at least 4 members (excludes halogenated alkanes) is 6. The lowest BCUT2D eigenvalue weighted by molar-refractivity contribution is -0.140. The molecule has 0 radical (unpaired) electrons. The van der Waals surface area contributed by atoms with E-state index in [1.54, 1.807) is 0 Å². The van der Waals surface area contributed by atoms with Gasteiger partial charge in [0.2, 0.25) is 0 Å². The summed E-state index contributed by atoms with van der Waals surface area (Å²) in [5.41, 5.74) is 0. The molecule has 0 unspecified atom stereocenters.